The van der Waals surface area contributed by atoms with Gasteiger partial charge in [0, 0.05) is 5.56 Å². The highest BCUT2D eigenvalue weighted by Gasteiger charge is 2.48. The molecule has 2 fully saturated rings. The first kappa shape index (κ1) is 13.9. The maximum atomic E-state index is 6.48. The summed E-state index contributed by atoms with van der Waals surface area (Å²) >= 11 is 0. The van der Waals surface area contributed by atoms with Crippen LogP contribution in [0.2, 0.25) is 5.31 Å². The second kappa shape index (κ2) is 5.20. The Bertz CT molecular complexity index is 664. The summed E-state index contributed by atoms with van der Waals surface area (Å²) < 4.78 is 11.5. The SMILES string of the molecule is [B]N1CC2CC(Oc3cccc(-c4ncco4)c3)CC2([B])C1. The van der Waals surface area contributed by atoms with Crippen LogP contribution in [0.3, 0.4) is 0 Å². The van der Waals surface area contributed by atoms with Crippen LogP contribution in [0.5, 0.6) is 5.75 Å². The lowest BCUT2D eigenvalue weighted by Gasteiger charge is -2.24. The third kappa shape index (κ3) is 2.45. The molecule has 0 spiro atoms. The van der Waals surface area contributed by atoms with Crippen LogP contribution < -0.4 is 4.74 Å². The molecule has 1 saturated carbocycles. The van der Waals surface area contributed by atoms with E-state index in [1.165, 1.54) is 0 Å². The Labute approximate surface area is 132 Å². The number of benzene rings is 1. The van der Waals surface area contributed by atoms with Gasteiger partial charge in [-0.2, -0.15) is 0 Å². The Balaban J connectivity index is 1.48. The van der Waals surface area contributed by atoms with Gasteiger partial charge in [-0.25, -0.2) is 4.98 Å². The Morgan fingerprint density at radius 3 is 3.09 bits per heavy atom. The lowest BCUT2D eigenvalue weighted by Crippen LogP contribution is -2.24. The Morgan fingerprint density at radius 1 is 1.41 bits per heavy atom. The van der Waals surface area contributed by atoms with Crippen LogP contribution in [0.1, 0.15) is 12.8 Å². The second-order valence-electron chi connectivity index (χ2n) is 6.40. The van der Waals surface area contributed by atoms with Crippen LogP contribution in [0.4, 0.5) is 0 Å². The summed E-state index contributed by atoms with van der Waals surface area (Å²) in [6, 6.07) is 7.82. The zero-order chi connectivity index (χ0) is 15.2. The predicted octanol–water partition coefficient (Wildman–Crippen LogP) is 2.23. The van der Waals surface area contributed by atoms with Gasteiger partial charge in [-0.15, -0.1) is 0 Å². The molecule has 0 bridgehead atoms. The zero-order valence-electron chi connectivity index (χ0n) is 12.3. The van der Waals surface area contributed by atoms with E-state index in [4.69, 9.17) is 25.0 Å². The van der Waals surface area contributed by atoms with Gasteiger partial charge in [-0.05, 0) is 55.4 Å². The van der Waals surface area contributed by atoms with Gasteiger partial charge in [0.2, 0.25) is 5.89 Å². The van der Waals surface area contributed by atoms with E-state index >= 15 is 0 Å². The standard InChI is InChI=1S/C16H16B2N2O2/c17-16-8-14(7-12(16)9-20(18)10-16)22-13-3-1-2-11(6-13)15-19-4-5-21-15/h1-6,12,14H,7-10H2. The normalized spacial score (nSPS) is 31.3. The van der Waals surface area contributed by atoms with Crippen molar-refractivity contribution < 1.29 is 9.15 Å². The van der Waals surface area contributed by atoms with E-state index in [-0.39, 0.29) is 11.4 Å². The van der Waals surface area contributed by atoms with E-state index in [1.54, 1.807) is 12.5 Å². The molecule has 0 amide bonds. The molecule has 2 aromatic rings. The highest BCUT2D eigenvalue weighted by atomic mass is 16.5. The lowest BCUT2D eigenvalue weighted by molar-refractivity contribution is 0.196. The summed E-state index contributed by atoms with van der Waals surface area (Å²) in [5.74, 6) is 1.84. The van der Waals surface area contributed by atoms with E-state index in [0.29, 0.717) is 11.8 Å². The third-order valence-corrected chi connectivity index (χ3v) is 4.74. The summed E-state index contributed by atoms with van der Waals surface area (Å²) in [6.45, 7) is 1.60. The van der Waals surface area contributed by atoms with Crippen molar-refractivity contribution in [2.24, 2.45) is 5.92 Å². The molecule has 2 aliphatic rings. The van der Waals surface area contributed by atoms with Gasteiger partial charge in [0.15, 0.2) is 7.98 Å². The number of rotatable bonds is 3. The van der Waals surface area contributed by atoms with Crippen LogP contribution in [0.15, 0.2) is 41.1 Å². The second-order valence-corrected chi connectivity index (χ2v) is 6.40. The van der Waals surface area contributed by atoms with Crippen molar-refractivity contribution in [2.75, 3.05) is 13.1 Å². The first-order chi connectivity index (χ1) is 10.6. The van der Waals surface area contributed by atoms with E-state index in [1.807, 2.05) is 29.1 Å². The van der Waals surface area contributed by atoms with E-state index in [2.05, 4.69) is 4.98 Å². The molecule has 22 heavy (non-hydrogen) atoms. The molecule has 2 heterocycles. The number of hydrogen-bond acceptors (Lipinski definition) is 4. The van der Waals surface area contributed by atoms with Gasteiger partial charge in [0.25, 0.3) is 0 Å². The fourth-order valence-corrected chi connectivity index (χ4v) is 3.75. The Kier molecular flexibility index (Phi) is 3.30. The molecule has 4 nitrogen and oxygen atoms in total. The van der Waals surface area contributed by atoms with Gasteiger partial charge in [-0.1, -0.05) is 6.07 Å². The van der Waals surface area contributed by atoms with Gasteiger partial charge in [0.1, 0.15) is 12.0 Å². The Morgan fingerprint density at radius 2 is 2.32 bits per heavy atom. The van der Waals surface area contributed by atoms with Gasteiger partial charge in [-0.3, -0.25) is 0 Å². The van der Waals surface area contributed by atoms with Crippen LogP contribution in [-0.4, -0.2) is 44.8 Å². The van der Waals surface area contributed by atoms with E-state index in [0.717, 1.165) is 37.2 Å². The minimum Gasteiger partial charge on any atom is -0.490 e. The smallest absolute Gasteiger partial charge is 0.225 e. The van der Waals surface area contributed by atoms with Gasteiger partial charge in [0.05, 0.1) is 20.1 Å². The Hall–Kier alpha value is -1.68. The molecular weight excluding hydrogens is 274 g/mol. The van der Waals surface area contributed by atoms with Crippen LogP contribution >= 0.6 is 0 Å². The maximum absolute atomic E-state index is 6.48. The van der Waals surface area contributed by atoms with Crippen molar-refractivity contribution in [1.29, 1.82) is 0 Å². The van der Waals surface area contributed by atoms with Crippen molar-refractivity contribution in [3.63, 3.8) is 0 Å². The molecule has 6 heteroatoms. The first-order valence-electron chi connectivity index (χ1n) is 7.57. The molecule has 3 unspecified atom stereocenters. The third-order valence-electron chi connectivity index (χ3n) is 4.74. The highest BCUT2D eigenvalue weighted by Crippen LogP contribution is 2.52. The van der Waals surface area contributed by atoms with Crippen molar-refractivity contribution in [2.45, 2.75) is 24.3 Å². The van der Waals surface area contributed by atoms with Crippen LogP contribution in [-0.2, 0) is 0 Å². The quantitative estimate of drug-likeness (QED) is 0.812. The molecule has 1 saturated heterocycles. The molecule has 1 aliphatic heterocycles. The summed E-state index contributed by atoms with van der Waals surface area (Å²) in [5.41, 5.74) is 0.913. The molecule has 1 aromatic carbocycles. The topological polar surface area (TPSA) is 38.5 Å². The van der Waals surface area contributed by atoms with Crippen molar-refractivity contribution >= 4 is 15.8 Å². The molecule has 108 valence electrons. The van der Waals surface area contributed by atoms with Gasteiger partial charge >= 0.3 is 0 Å². The van der Waals surface area contributed by atoms with E-state index < -0.39 is 0 Å². The summed E-state index contributed by atoms with van der Waals surface area (Å²) in [6.07, 6.45) is 5.14. The first-order valence-corrected chi connectivity index (χ1v) is 7.57. The molecule has 3 atom stereocenters. The molecule has 0 N–H and O–H groups in total. The average Bonchev–Trinajstić information content (AvgIpc) is 3.13. The minimum absolute atomic E-state index is 0.142. The van der Waals surface area contributed by atoms with E-state index in [9.17, 15) is 0 Å². The summed E-state index contributed by atoms with van der Waals surface area (Å²) in [4.78, 5) is 5.99. The number of fused-ring (bicyclic) bond motifs is 1. The largest absolute Gasteiger partial charge is 0.490 e. The van der Waals surface area contributed by atoms with Crippen LogP contribution in [0.25, 0.3) is 11.5 Å². The average molecular weight is 290 g/mol. The monoisotopic (exact) mass is 290 g/mol. The van der Waals surface area contributed by atoms with Crippen molar-refractivity contribution in [1.82, 2.24) is 9.79 Å². The fraction of sp³-hybridized carbons (Fsp3) is 0.438. The van der Waals surface area contributed by atoms with Crippen molar-refractivity contribution in [3.05, 3.63) is 36.7 Å². The highest BCUT2D eigenvalue weighted by molar-refractivity contribution is 6.17. The summed E-state index contributed by atoms with van der Waals surface area (Å²) in [7, 11) is 12.4. The number of ether oxygens (including phenoxy) is 1. The zero-order valence-corrected chi connectivity index (χ0v) is 12.3. The molecule has 1 aromatic heterocycles. The number of aromatic nitrogens is 1. The maximum Gasteiger partial charge on any atom is 0.225 e. The van der Waals surface area contributed by atoms with Crippen LogP contribution in [0, 0.1) is 5.92 Å². The molecular formula is C16H16B2N2O2. The van der Waals surface area contributed by atoms with Crippen molar-refractivity contribution in [3.8, 4) is 17.2 Å². The summed E-state index contributed by atoms with van der Waals surface area (Å²) in [5, 5.41) is -0.209. The predicted molar refractivity (Wildman–Crippen MR) is 84.9 cm³/mol. The van der Waals surface area contributed by atoms with Gasteiger partial charge < -0.3 is 14.0 Å². The lowest BCUT2D eigenvalue weighted by atomic mass is 9.64. The number of oxazole rings is 1. The molecule has 4 rings (SSSR count). The number of nitrogens with zero attached hydrogens (tertiary/aromatic N) is 2. The fourth-order valence-electron chi connectivity index (χ4n) is 3.75. The molecule has 1 aliphatic carbocycles. The molecule has 4 radical (unpaired) electrons. The minimum atomic E-state index is -0.209. The number of hydrogen-bond donors (Lipinski definition) is 0.